The van der Waals surface area contributed by atoms with Gasteiger partial charge in [0.2, 0.25) is 0 Å². The Hall–Kier alpha value is -2.29. The molecule has 0 bridgehead atoms. The molecule has 2 aromatic heterocycles. The van der Waals surface area contributed by atoms with E-state index in [1.165, 1.54) is 0 Å². The molecule has 4 aromatic rings. The monoisotopic (exact) mass is 385 g/mol. The molecule has 0 aliphatic heterocycles. The van der Waals surface area contributed by atoms with E-state index in [2.05, 4.69) is 32.8 Å². The Morgan fingerprint density at radius 1 is 1.19 bits per heavy atom. The first-order valence-electron chi connectivity index (χ1n) is 8.06. The molecule has 0 fully saturated rings. The Labute approximate surface area is 159 Å². The molecule has 2 aromatic carbocycles. The number of anilines is 2. The lowest BCUT2D eigenvalue weighted by Gasteiger charge is -2.13. The van der Waals surface area contributed by atoms with E-state index in [-0.39, 0.29) is 0 Å². The number of hydrogen-bond donors (Lipinski definition) is 1. The van der Waals surface area contributed by atoms with Gasteiger partial charge in [0.05, 0.1) is 29.3 Å². The molecular formula is C18H19N5OS2. The van der Waals surface area contributed by atoms with Crippen LogP contribution in [-0.2, 0) is 7.05 Å². The van der Waals surface area contributed by atoms with Crippen LogP contribution in [0.3, 0.4) is 0 Å². The number of thiazole rings is 1. The van der Waals surface area contributed by atoms with Gasteiger partial charge in [-0.15, -0.1) is 0 Å². The summed E-state index contributed by atoms with van der Waals surface area (Å²) >= 11 is 3.27. The number of imidazole rings is 1. The average Bonchev–Trinajstić information content (AvgIpc) is 3.17. The number of benzene rings is 2. The Kier molecular flexibility index (Phi) is 4.47. The van der Waals surface area contributed by atoms with Gasteiger partial charge in [0.1, 0.15) is 16.8 Å². The van der Waals surface area contributed by atoms with Crippen molar-refractivity contribution >= 4 is 55.4 Å². The molecule has 0 spiro atoms. The maximum atomic E-state index is 5.50. The van der Waals surface area contributed by atoms with E-state index in [0.717, 1.165) is 42.7 Å². The first kappa shape index (κ1) is 17.1. The summed E-state index contributed by atoms with van der Waals surface area (Å²) in [5.74, 6) is 0.787. The minimum atomic E-state index is 0.787. The van der Waals surface area contributed by atoms with E-state index in [9.17, 15) is 0 Å². The van der Waals surface area contributed by atoms with Gasteiger partial charge in [-0.25, -0.2) is 9.97 Å². The fourth-order valence-electron chi connectivity index (χ4n) is 2.81. The van der Waals surface area contributed by atoms with Crippen molar-refractivity contribution in [3.8, 4) is 5.75 Å². The highest BCUT2D eigenvalue weighted by Gasteiger charge is 2.13. The second kappa shape index (κ2) is 6.79. The molecule has 0 saturated carbocycles. The van der Waals surface area contributed by atoms with Crippen molar-refractivity contribution < 1.29 is 4.74 Å². The minimum Gasteiger partial charge on any atom is -0.495 e. The van der Waals surface area contributed by atoms with Crippen LogP contribution >= 0.6 is 23.3 Å². The Balaban J connectivity index is 1.73. The quantitative estimate of drug-likeness (QED) is 0.510. The number of fused-ring (bicyclic) bond motifs is 3. The number of aryl methyl sites for hydroxylation is 1. The fourth-order valence-corrected chi connectivity index (χ4v) is 4.41. The maximum absolute atomic E-state index is 5.50. The largest absolute Gasteiger partial charge is 0.495 e. The van der Waals surface area contributed by atoms with Crippen LogP contribution < -0.4 is 10.1 Å². The van der Waals surface area contributed by atoms with E-state index < -0.39 is 0 Å². The van der Waals surface area contributed by atoms with Gasteiger partial charge in [0, 0.05) is 11.9 Å². The lowest BCUT2D eigenvalue weighted by molar-refractivity contribution is 0.416. The number of ether oxygens (including phenoxy) is 1. The van der Waals surface area contributed by atoms with Gasteiger partial charge in [-0.3, -0.25) is 4.31 Å². The smallest absolute Gasteiger partial charge is 0.188 e. The van der Waals surface area contributed by atoms with Crippen molar-refractivity contribution in [3.05, 3.63) is 36.7 Å². The Bertz CT molecular complexity index is 1090. The summed E-state index contributed by atoms with van der Waals surface area (Å²) in [5.41, 5.74) is 3.83. The molecule has 0 amide bonds. The van der Waals surface area contributed by atoms with Gasteiger partial charge in [-0.2, -0.15) is 0 Å². The SMILES string of the molecule is COc1ccc(SN(C)C)cc1Nc1nc2c(ccc3c2ncn3C)s1. The van der Waals surface area contributed by atoms with E-state index in [0.29, 0.717) is 0 Å². The summed E-state index contributed by atoms with van der Waals surface area (Å²) < 4.78 is 10.7. The van der Waals surface area contributed by atoms with Gasteiger partial charge < -0.3 is 14.6 Å². The van der Waals surface area contributed by atoms with Crippen LogP contribution in [0.25, 0.3) is 21.3 Å². The molecule has 0 unspecified atom stereocenters. The highest BCUT2D eigenvalue weighted by molar-refractivity contribution is 7.97. The van der Waals surface area contributed by atoms with Gasteiger partial charge >= 0.3 is 0 Å². The van der Waals surface area contributed by atoms with E-state index in [1.807, 2.05) is 44.2 Å². The van der Waals surface area contributed by atoms with Crippen molar-refractivity contribution in [2.75, 3.05) is 26.5 Å². The number of nitrogens with zero attached hydrogens (tertiary/aromatic N) is 4. The molecule has 1 N–H and O–H groups in total. The van der Waals surface area contributed by atoms with Crippen molar-refractivity contribution in [2.24, 2.45) is 7.05 Å². The maximum Gasteiger partial charge on any atom is 0.188 e. The highest BCUT2D eigenvalue weighted by atomic mass is 32.2. The molecule has 0 atom stereocenters. The Morgan fingerprint density at radius 3 is 2.81 bits per heavy atom. The summed E-state index contributed by atoms with van der Waals surface area (Å²) in [6, 6.07) is 10.3. The highest BCUT2D eigenvalue weighted by Crippen LogP contribution is 2.36. The molecule has 0 radical (unpaired) electrons. The summed E-state index contributed by atoms with van der Waals surface area (Å²) in [5, 5.41) is 4.24. The molecule has 4 rings (SSSR count). The molecule has 8 heteroatoms. The molecule has 26 heavy (non-hydrogen) atoms. The molecule has 134 valence electrons. The first-order valence-corrected chi connectivity index (χ1v) is 9.65. The zero-order chi connectivity index (χ0) is 18.3. The predicted molar refractivity (Wildman–Crippen MR) is 110 cm³/mol. The van der Waals surface area contributed by atoms with E-state index >= 15 is 0 Å². The zero-order valence-corrected chi connectivity index (χ0v) is 16.6. The molecule has 0 saturated heterocycles. The summed E-state index contributed by atoms with van der Waals surface area (Å²) in [4.78, 5) is 10.4. The summed E-state index contributed by atoms with van der Waals surface area (Å²) in [6.07, 6.45) is 1.82. The molecule has 6 nitrogen and oxygen atoms in total. The lowest BCUT2D eigenvalue weighted by Crippen LogP contribution is -2.00. The van der Waals surface area contributed by atoms with Crippen LogP contribution in [0.2, 0.25) is 0 Å². The minimum absolute atomic E-state index is 0.787. The van der Waals surface area contributed by atoms with E-state index in [1.54, 1.807) is 30.4 Å². The van der Waals surface area contributed by atoms with Crippen molar-refractivity contribution in [3.63, 3.8) is 0 Å². The lowest BCUT2D eigenvalue weighted by atomic mass is 10.3. The standard InChI is InChI=1S/C18H19N5OS2/c1-22(2)26-11-5-7-14(24-4)12(9-11)20-18-21-17-15(25-18)8-6-13-16(17)19-10-23(13)3/h5-10H,1-4H3,(H,20,21). The van der Waals surface area contributed by atoms with Crippen LogP contribution in [0, 0.1) is 0 Å². The normalized spacial score (nSPS) is 11.6. The fraction of sp³-hybridized carbons (Fsp3) is 0.222. The third-order valence-corrected chi connectivity index (χ3v) is 5.72. The number of rotatable bonds is 5. The summed E-state index contributed by atoms with van der Waals surface area (Å²) in [6.45, 7) is 0. The average molecular weight is 386 g/mol. The van der Waals surface area contributed by atoms with Gasteiger partial charge in [-0.05, 0) is 56.4 Å². The third kappa shape index (κ3) is 3.11. The van der Waals surface area contributed by atoms with Crippen LogP contribution in [0.5, 0.6) is 5.75 Å². The van der Waals surface area contributed by atoms with Crippen LogP contribution in [-0.4, -0.2) is 40.0 Å². The molecule has 0 aliphatic rings. The van der Waals surface area contributed by atoms with Crippen LogP contribution in [0.15, 0.2) is 41.6 Å². The second-order valence-electron chi connectivity index (χ2n) is 6.05. The zero-order valence-electron chi connectivity index (χ0n) is 15.0. The third-order valence-electron chi connectivity index (χ3n) is 3.95. The van der Waals surface area contributed by atoms with Crippen molar-refractivity contribution in [2.45, 2.75) is 4.90 Å². The number of methoxy groups -OCH3 is 1. The second-order valence-corrected chi connectivity index (χ2v) is 8.46. The number of hydrogen-bond acceptors (Lipinski definition) is 7. The number of nitrogens with one attached hydrogen (secondary N) is 1. The van der Waals surface area contributed by atoms with Crippen molar-refractivity contribution in [1.82, 2.24) is 18.8 Å². The topological polar surface area (TPSA) is 55.2 Å². The first-order chi connectivity index (χ1) is 12.5. The van der Waals surface area contributed by atoms with Gasteiger partial charge in [-0.1, -0.05) is 11.3 Å². The molecular weight excluding hydrogens is 366 g/mol. The van der Waals surface area contributed by atoms with Crippen LogP contribution in [0.1, 0.15) is 0 Å². The van der Waals surface area contributed by atoms with Crippen LogP contribution in [0.4, 0.5) is 10.8 Å². The van der Waals surface area contributed by atoms with Crippen molar-refractivity contribution in [1.29, 1.82) is 0 Å². The van der Waals surface area contributed by atoms with Gasteiger partial charge in [0.25, 0.3) is 0 Å². The molecule has 2 heterocycles. The summed E-state index contributed by atoms with van der Waals surface area (Å²) in [7, 11) is 7.71. The van der Waals surface area contributed by atoms with Gasteiger partial charge in [0.15, 0.2) is 5.13 Å². The number of aromatic nitrogens is 3. The van der Waals surface area contributed by atoms with E-state index in [4.69, 9.17) is 9.72 Å². The Morgan fingerprint density at radius 2 is 2.04 bits per heavy atom. The molecule has 0 aliphatic carbocycles. The predicted octanol–water partition coefficient (Wildman–Crippen LogP) is 4.50.